The Morgan fingerprint density at radius 1 is 1.00 bits per heavy atom. The van der Waals surface area contributed by atoms with Gasteiger partial charge >= 0.3 is 5.97 Å². The number of rotatable bonds is 3. The van der Waals surface area contributed by atoms with Crippen LogP contribution in [0.15, 0.2) is 24.3 Å². The van der Waals surface area contributed by atoms with Gasteiger partial charge in [-0.3, -0.25) is 9.59 Å². The van der Waals surface area contributed by atoms with Crippen LogP contribution in [-0.2, 0) is 9.53 Å². The summed E-state index contributed by atoms with van der Waals surface area (Å²) in [5.74, 6) is -0.807. The summed E-state index contributed by atoms with van der Waals surface area (Å²) in [5, 5.41) is 0.548. The molecule has 0 fully saturated rings. The van der Waals surface area contributed by atoms with Gasteiger partial charge < -0.3 is 4.74 Å². The molecular formula is C15H19ClO3. The second kappa shape index (κ2) is 5.33. The molecule has 0 aliphatic heterocycles. The Labute approximate surface area is 118 Å². The molecule has 0 atom stereocenters. The van der Waals surface area contributed by atoms with Gasteiger partial charge in [-0.15, -0.1) is 0 Å². The van der Waals surface area contributed by atoms with Crippen LogP contribution in [0.5, 0.6) is 0 Å². The van der Waals surface area contributed by atoms with E-state index in [-0.39, 0.29) is 5.78 Å². The third kappa shape index (κ3) is 4.06. The average molecular weight is 283 g/mol. The molecule has 104 valence electrons. The fourth-order valence-corrected chi connectivity index (χ4v) is 1.59. The number of esters is 1. The predicted molar refractivity (Wildman–Crippen MR) is 75.4 cm³/mol. The molecule has 0 N–H and O–H groups in total. The minimum absolute atomic E-state index is 0.279. The molecule has 0 radical (unpaired) electrons. The van der Waals surface area contributed by atoms with E-state index in [2.05, 4.69) is 0 Å². The number of hydrogen-bond donors (Lipinski definition) is 0. The van der Waals surface area contributed by atoms with Crippen LogP contribution in [0.25, 0.3) is 0 Å². The van der Waals surface area contributed by atoms with Crippen molar-refractivity contribution < 1.29 is 14.3 Å². The van der Waals surface area contributed by atoms with Gasteiger partial charge in [0.25, 0.3) is 0 Å². The molecule has 1 aromatic rings. The normalized spacial score (nSPS) is 12.1. The molecule has 1 aromatic carbocycles. The lowest BCUT2D eigenvalue weighted by atomic mass is 9.84. The molecule has 0 aliphatic rings. The molecule has 0 unspecified atom stereocenters. The maximum atomic E-state index is 12.4. The van der Waals surface area contributed by atoms with E-state index in [0.717, 1.165) is 0 Å². The number of carbonyl (C=O) groups excluding carboxylic acids is 2. The second-order valence-electron chi connectivity index (χ2n) is 5.96. The quantitative estimate of drug-likeness (QED) is 0.480. The fraction of sp³-hybridized carbons (Fsp3) is 0.467. The highest BCUT2D eigenvalue weighted by Gasteiger charge is 2.39. The highest BCUT2D eigenvalue weighted by atomic mass is 35.5. The number of benzene rings is 1. The molecule has 0 bridgehead atoms. The van der Waals surface area contributed by atoms with E-state index in [1.165, 1.54) is 0 Å². The Morgan fingerprint density at radius 3 is 1.89 bits per heavy atom. The fourth-order valence-electron chi connectivity index (χ4n) is 1.46. The number of ether oxygens (including phenoxy) is 1. The topological polar surface area (TPSA) is 43.4 Å². The van der Waals surface area contributed by atoms with Gasteiger partial charge in [0.05, 0.1) is 0 Å². The molecule has 3 nitrogen and oxygen atoms in total. The summed E-state index contributed by atoms with van der Waals surface area (Å²) in [4.78, 5) is 24.5. The lowest BCUT2D eigenvalue weighted by molar-refractivity contribution is -0.162. The Balaban J connectivity index is 2.96. The summed E-state index contributed by atoms with van der Waals surface area (Å²) in [6, 6.07) is 6.47. The van der Waals surface area contributed by atoms with Crippen LogP contribution in [0, 0.1) is 5.41 Å². The molecule has 0 heterocycles. The molecule has 1 rings (SSSR count). The molecular weight excluding hydrogens is 264 g/mol. The molecule has 0 aliphatic carbocycles. The highest BCUT2D eigenvalue weighted by Crippen LogP contribution is 2.26. The zero-order valence-corrected chi connectivity index (χ0v) is 12.7. The van der Waals surface area contributed by atoms with Crippen LogP contribution in [0.4, 0.5) is 0 Å². The maximum absolute atomic E-state index is 12.4. The smallest absolute Gasteiger partial charge is 0.319 e. The van der Waals surface area contributed by atoms with Gasteiger partial charge in [0.15, 0.2) is 5.78 Å². The Kier molecular flexibility index (Phi) is 4.41. The van der Waals surface area contributed by atoms with Gasteiger partial charge in [-0.25, -0.2) is 0 Å². The van der Waals surface area contributed by atoms with Gasteiger partial charge in [-0.1, -0.05) is 11.6 Å². The molecule has 0 amide bonds. The van der Waals surface area contributed by atoms with E-state index in [1.54, 1.807) is 58.9 Å². The summed E-state index contributed by atoms with van der Waals surface area (Å²) < 4.78 is 5.28. The van der Waals surface area contributed by atoms with Crippen molar-refractivity contribution in [1.29, 1.82) is 0 Å². The second-order valence-corrected chi connectivity index (χ2v) is 6.40. The molecule has 0 aromatic heterocycles. The lowest BCUT2D eigenvalue weighted by Gasteiger charge is -2.27. The van der Waals surface area contributed by atoms with Crippen molar-refractivity contribution in [3.63, 3.8) is 0 Å². The molecule has 0 saturated carbocycles. The van der Waals surface area contributed by atoms with Crippen LogP contribution in [-0.4, -0.2) is 17.4 Å². The monoisotopic (exact) mass is 282 g/mol. The van der Waals surface area contributed by atoms with Crippen molar-refractivity contribution >= 4 is 23.4 Å². The minimum atomic E-state index is -1.22. The van der Waals surface area contributed by atoms with E-state index >= 15 is 0 Å². The van der Waals surface area contributed by atoms with Crippen molar-refractivity contribution in [3.8, 4) is 0 Å². The zero-order chi connectivity index (χ0) is 14.8. The summed E-state index contributed by atoms with van der Waals surface area (Å²) >= 11 is 5.78. The van der Waals surface area contributed by atoms with E-state index in [1.807, 2.05) is 0 Å². The number of halogens is 1. The number of carbonyl (C=O) groups is 2. The first-order valence-electron chi connectivity index (χ1n) is 6.08. The molecule has 19 heavy (non-hydrogen) atoms. The summed E-state index contributed by atoms with van der Waals surface area (Å²) in [7, 11) is 0. The van der Waals surface area contributed by atoms with Crippen molar-refractivity contribution in [2.45, 2.75) is 40.2 Å². The van der Waals surface area contributed by atoms with E-state index in [4.69, 9.17) is 16.3 Å². The number of Topliss-reactive ketones (excluding diaryl/α,β-unsaturated/α-hetero) is 1. The first kappa shape index (κ1) is 15.7. The van der Waals surface area contributed by atoms with Crippen molar-refractivity contribution in [2.75, 3.05) is 0 Å². The van der Waals surface area contributed by atoms with E-state index < -0.39 is 17.0 Å². The van der Waals surface area contributed by atoms with Gasteiger partial charge in [-0.2, -0.15) is 0 Å². The lowest BCUT2D eigenvalue weighted by Crippen LogP contribution is -2.39. The first-order valence-corrected chi connectivity index (χ1v) is 6.45. The van der Waals surface area contributed by atoms with Crippen LogP contribution >= 0.6 is 11.6 Å². The Hall–Kier alpha value is -1.35. The Morgan fingerprint density at radius 2 is 1.47 bits per heavy atom. The van der Waals surface area contributed by atoms with Crippen LogP contribution in [0.1, 0.15) is 45.0 Å². The Bertz CT molecular complexity index is 481. The molecule has 0 saturated heterocycles. The third-order valence-electron chi connectivity index (χ3n) is 2.58. The predicted octanol–water partition coefficient (Wildman–Crippen LogP) is 3.89. The van der Waals surface area contributed by atoms with Crippen molar-refractivity contribution in [1.82, 2.24) is 0 Å². The van der Waals surface area contributed by atoms with Gasteiger partial charge in [0.2, 0.25) is 0 Å². The van der Waals surface area contributed by atoms with Gasteiger partial charge in [-0.05, 0) is 58.9 Å². The van der Waals surface area contributed by atoms with Gasteiger partial charge in [0, 0.05) is 10.6 Å². The van der Waals surface area contributed by atoms with Crippen LogP contribution < -0.4 is 0 Å². The highest BCUT2D eigenvalue weighted by molar-refractivity contribution is 6.30. The summed E-state index contributed by atoms with van der Waals surface area (Å²) in [5.41, 5.74) is -1.39. The van der Waals surface area contributed by atoms with E-state index in [9.17, 15) is 9.59 Å². The number of ketones is 1. The number of hydrogen-bond acceptors (Lipinski definition) is 3. The first-order chi connectivity index (χ1) is 8.54. The summed E-state index contributed by atoms with van der Waals surface area (Å²) in [6.07, 6.45) is 0. The SMILES string of the molecule is CC(C)(C)OC(=O)C(C)(C)C(=O)c1ccc(Cl)cc1. The maximum Gasteiger partial charge on any atom is 0.319 e. The van der Waals surface area contributed by atoms with Crippen LogP contribution in [0.2, 0.25) is 5.02 Å². The minimum Gasteiger partial charge on any atom is -0.459 e. The molecule has 0 spiro atoms. The standard InChI is InChI=1S/C15H19ClO3/c1-14(2,3)19-13(18)15(4,5)12(17)10-6-8-11(16)9-7-10/h6-9H,1-5H3. The largest absolute Gasteiger partial charge is 0.459 e. The van der Waals surface area contributed by atoms with Crippen molar-refractivity contribution in [2.24, 2.45) is 5.41 Å². The van der Waals surface area contributed by atoms with Crippen LogP contribution in [0.3, 0.4) is 0 Å². The van der Waals surface area contributed by atoms with E-state index in [0.29, 0.717) is 10.6 Å². The van der Waals surface area contributed by atoms with Crippen molar-refractivity contribution in [3.05, 3.63) is 34.9 Å². The molecule has 4 heteroatoms. The van der Waals surface area contributed by atoms with Gasteiger partial charge in [0.1, 0.15) is 11.0 Å². The third-order valence-corrected chi connectivity index (χ3v) is 2.84. The zero-order valence-electron chi connectivity index (χ0n) is 11.9. The summed E-state index contributed by atoms with van der Waals surface area (Å²) in [6.45, 7) is 8.45. The average Bonchev–Trinajstić information content (AvgIpc) is 2.26.